The standard InChI is InChI=1S/C12H21ClN4O/c1-4-18-7-5-6-15-12-9(14)10(13)16-11(17-12)8(2)3/h8H,4-7,14H2,1-3H3,(H,15,16,17). The molecule has 0 amide bonds. The van der Waals surface area contributed by atoms with Crippen LogP contribution in [0.15, 0.2) is 0 Å². The van der Waals surface area contributed by atoms with Crippen LogP contribution in [0.2, 0.25) is 5.15 Å². The molecular formula is C12H21ClN4O. The van der Waals surface area contributed by atoms with E-state index in [-0.39, 0.29) is 5.92 Å². The summed E-state index contributed by atoms with van der Waals surface area (Å²) in [4.78, 5) is 8.53. The van der Waals surface area contributed by atoms with Crippen LogP contribution < -0.4 is 11.1 Å². The Morgan fingerprint density at radius 3 is 2.72 bits per heavy atom. The van der Waals surface area contributed by atoms with Crippen molar-refractivity contribution in [3.8, 4) is 0 Å². The molecule has 102 valence electrons. The van der Waals surface area contributed by atoms with Gasteiger partial charge in [0.15, 0.2) is 11.0 Å². The molecule has 0 saturated carbocycles. The van der Waals surface area contributed by atoms with E-state index in [1.54, 1.807) is 0 Å². The molecule has 0 aliphatic carbocycles. The Morgan fingerprint density at radius 2 is 2.11 bits per heavy atom. The van der Waals surface area contributed by atoms with Crippen LogP contribution in [0.4, 0.5) is 11.5 Å². The summed E-state index contributed by atoms with van der Waals surface area (Å²) < 4.78 is 5.26. The molecule has 0 unspecified atom stereocenters. The number of aromatic nitrogens is 2. The fraction of sp³-hybridized carbons (Fsp3) is 0.667. The van der Waals surface area contributed by atoms with Crippen molar-refractivity contribution in [1.82, 2.24) is 9.97 Å². The molecule has 0 saturated heterocycles. The van der Waals surface area contributed by atoms with E-state index in [1.807, 2.05) is 20.8 Å². The summed E-state index contributed by atoms with van der Waals surface area (Å²) in [5.74, 6) is 1.52. The number of nitrogen functional groups attached to an aromatic ring is 1. The minimum atomic E-state index is 0.215. The average Bonchev–Trinajstić information content (AvgIpc) is 2.33. The molecule has 6 heteroatoms. The molecule has 1 heterocycles. The van der Waals surface area contributed by atoms with E-state index in [9.17, 15) is 0 Å². The van der Waals surface area contributed by atoms with E-state index in [0.717, 1.165) is 26.2 Å². The molecule has 0 atom stereocenters. The number of halogens is 1. The zero-order valence-corrected chi connectivity index (χ0v) is 11.9. The maximum absolute atomic E-state index is 5.98. The summed E-state index contributed by atoms with van der Waals surface area (Å²) >= 11 is 5.98. The SMILES string of the molecule is CCOCCCNc1nc(C(C)C)nc(Cl)c1N. The predicted octanol–water partition coefficient (Wildman–Crippen LogP) is 2.67. The highest BCUT2D eigenvalue weighted by Crippen LogP contribution is 2.25. The lowest BCUT2D eigenvalue weighted by atomic mass is 10.2. The Labute approximate surface area is 113 Å². The van der Waals surface area contributed by atoms with Gasteiger partial charge in [0.2, 0.25) is 0 Å². The Bertz CT molecular complexity index is 385. The molecule has 3 N–H and O–H groups in total. The molecule has 0 bridgehead atoms. The molecule has 5 nitrogen and oxygen atoms in total. The highest BCUT2D eigenvalue weighted by molar-refractivity contribution is 6.32. The van der Waals surface area contributed by atoms with E-state index < -0.39 is 0 Å². The van der Waals surface area contributed by atoms with Crippen LogP contribution >= 0.6 is 11.6 Å². The monoisotopic (exact) mass is 272 g/mol. The van der Waals surface area contributed by atoms with Gasteiger partial charge in [0.25, 0.3) is 0 Å². The van der Waals surface area contributed by atoms with E-state index in [1.165, 1.54) is 0 Å². The van der Waals surface area contributed by atoms with Gasteiger partial charge in [-0.1, -0.05) is 25.4 Å². The van der Waals surface area contributed by atoms with Crippen molar-refractivity contribution < 1.29 is 4.74 Å². The van der Waals surface area contributed by atoms with Crippen molar-refractivity contribution in [2.45, 2.75) is 33.1 Å². The van der Waals surface area contributed by atoms with Gasteiger partial charge in [-0.3, -0.25) is 0 Å². The zero-order valence-electron chi connectivity index (χ0n) is 11.2. The summed E-state index contributed by atoms with van der Waals surface area (Å²) in [6.45, 7) is 8.21. The lowest BCUT2D eigenvalue weighted by molar-refractivity contribution is 0.147. The highest BCUT2D eigenvalue weighted by atomic mass is 35.5. The zero-order chi connectivity index (χ0) is 13.5. The number of nitrogens with zero attached hydrogens (tertiary/aromatic N) is 2. The number of nitrogens with one attached hydrogen (secondary N) is 1. The van der Waals surface area contributed by atoms with Gasteiger partial charge in [-0.05, 0) is 13.3 Å². The van der Waals surface area contributed by atoms with Gasteiger partial charge in [-0.15, -0.1) is 0 Å². The first-order chi connectivity index (χ1) is 8.56. The Morgan fingerprint density at radius 1 is 1.39 bits per heavy atom. The van der Waals surface area contributed by atoms with Crippen LogP contribution in [0, 0.1) is 0 Å². The van der Waals surface area contributed by atoms with Crippen LogP contribution in [0.3, 0.4) is 0 Å². The lowest BCUT2D eigenvalue weighted by Gasteiger charge is -2.12. The topological polar surface area (TPSA) is 73.1 Å². The van der Waals surface area contributed by atoms with Crippen LogP contribution in [0.1, 0.15) is 38.9 Å². The number of nitrogens with two attached hydrogens (primary N) is 1. The van der Waals surface area contributed by atoms with Crippen LogP contribution in [0.5, 0.6) is 0 Å². The van der Waals surface area contributed by atoms with Gasteiger partial charge in [0.1, 0.15) is 11.5 Å². The number of rotatable bonds is 7. The normalized spacial score (nSPS) is 10.9. The summed E-state index contributed by atoms with van der Waals surface area (Å²) in [6.07, 6.45) is 0.895. The maximum atomic E-state index is 5.98. The molecular weight excluding hydrogens is 252 g/mol. The van der Waals surface area contributed by atoms with Gasteiger partial charge < -0.3 is 15.8 Å². The molecule has 0 fully saturated rings. The van der Waals surface area contributed by atoms with Gasteiger partial charge in [0.05, 0.1) is 0 Å². The molecule has 18 heavy (non-hydrogen) atoms. The third-order valence-corrected chi connectivity index (χ3v) is 2.68. The Balaban J connectivity index is 2.63. The highest BCUT2D eigenvalue weighted by Gasteiger charge is 2.11. The number of hydrogen-bond acceptors (Lipinski definition) is 5. The van der Waals surface area contributed by atoms with Gasteiger partial charge in [-0.25, -0.2) is 9.97 Å². The number of hydrogen-bond donors (Lipinski definition) is 2. The Kier molecular flexibility index (Phi) is 6.15. The first-order valence-electron chi connectivity index (χ1n) is 6.20. The van der Waals surface area contributed by atoms with E-state index >= 15 is 0 Å². The summed E-state index contributed by atoms with van der Waals surface area (Å²) in [5.41, 5.74) is 6.24. The first kappa shape index (κ1) is 15.0. The van der Waals surface area contributed by atoms with Crippen molar-refractivity contribution in [2.75, 3.05) is 30.8 Å². The second kappa shape index (κ2) is 7.38. The third kappa shape index (κ3) is 4.31. The third-order valence-electron chi connectivity index (χ3n) is 2.39. The molecule has 1 aromatic heterocycles. The second-order valence-electron chi connectivity index (χ2n) is 4.27. The molecule has 1 aromatic rings. The lowest BCUT2D eigenvalue weighted by Crippen LogP contribution is -2.12. The van der Waals surface area contributed by atoms with Crippen LogP contribution in [0.25, 0.3) is 0 Å². The molecule has 0 radical (unpaired) electrons. The summed E-state index contributed by atoms with van der Waals surface area (Å²) in [5, 5.41) is 3.47. The minimum absolute atomic E-state index is 0.215. The molecule has 0 aliphatic rings. The van der Waals surface area contributed by atoms with E-state index in [0.29, 0.717) is 22.5 Å². The van der Waals surface area contributed by atoms with Crippen molar-refractivity contribution in [1.29, 1.82) is 0 Å². The van der Waals surface area contributed by atoms with Gasteiger partial charge in [-0.2, -0.15) is 0 Å². The Hall–Kier alpha value is -1.07. The first-order valence-corrected chi connectivity index (χ1v) is 6.58. The number of ether oxygens (including phenoxy) is 1. The largest absolute Gasteiger partial charge is 0.393 e. The fourth-order valence-electron chi connectivity index (χ4n) is 1.38. The van der Waals surface area contributed by atoms with Crippen LogP contribution in [-0.4, -0.2) is 29.7 Å². The van der Waals surface area contributed by atoms with Crippen molar-refractivity contribution in [3.05, 3.63) is 11.0 Å². The summed E-state index contributed by atoms with van der Waals surface area (Å²) in [7, 11) is 0. The van der Waals surface area contributed by atoms with Crippen LogP contribution in [-0.2, 0) is 4.74 Å². The molecule has 1 rings (SSSR count). The van der Waals surface area contributed by atoms with Crippen molar-refractivity contribution >= 4 is 23.1 Å². The molecule has 0 aliphatic heterocycles. The van der Waals surface area contributed by atoms with E-state index in [2.05, 4.69) is 15.3 Å². The molecule has 0 spiro atoms. The summed E-state index contributed by atoms with van der Waals surface area (Å²) in [6, 6.07) is 0. The fourth-order valence-corrected chi connectivity index (χ4v) is 1.55. The molecule has 0 aromatic carbocycles. The van der Waals surface area contributed by atoms with Gasteiger partial charge in [0, 0.05) is 25.7 Å². The quantitative estimate of drug-likeness (QED) is 0.590. The smallest absolute Gasteiger partial charge is 0.157 e. The second-order valence-corrected chi connectivity index (χ2v) is 4.62. The predicted molar refractivity (Wildman–Crippen MR) is 75.1 cm³/mol. The average molecular weight is 273 g/mol. The van der Waals surface area contributed by atoms with Crippen molar-refractivity contribution in [3.63, 3.8) is 0 Å². The van der Waals surface area contributed by atoms with Gasteiger partial charge >= 0.3 is 0 Å². The van der Waals surface area contributed by atoms with E-state index in [4.69, 9.17) is 22.1 Å². The minimum Gasteiger partial charge on any atom is -0.393 e. The number of anilines is 2. The maximum Gasteiger partial charge on any atom is 0.157 e. The van der Waals surface area contributed by atoms with Crippen molar-refractivity contribution in [2.24, 2.45) is 0 Å².